The number of amides is 1. The molecule has 4 nitrogen and oxygen atoms in total. The van der Waals surface area contributed by atoms with Crippen molar-refractivity contribution in [3.05, 3.63) is 97.1 Å². The van der Waals surface area contributed by atoms with Crippen LogP contribution in [0, 0.1) is 35.7 Å². The summed E-state index contributed by atoms with van der Waals surface area (Å²) in [6.45, 7) is 8.63. The SMILES string of the molecule is CCOc1cc(/C=C(\C#N)C(=O)Nc2cccc(C)c2)cc(I)c1Cc1cc(C)cc(C)c1. The van der Waals surface area contributed by atoms with Gasteiger partial charge in [-0.2, -0.15) is 5.26 Å². The molecule has 0 radical (unpaired) electrons. The Morgan fingerprint density at radius 2 is 1.79 bits per heavy atom. The molecule has 0 bridgehead atoms. The van der Waals surface area contributed by atoms with E-state index in [1.807, 2.05) is 50.2 Å². The maximum atomic E-state index is 12.7. The summed E-state index contributed by atoms with van der Waals surface area (Å²) in [6, 6.07) is 19.9. The van der Waals surface area contributed by atoms with E-state index in [0.717, 1.165) is 32.4 Å². The third-order valence-electron chi connectivity index (χ3n) is 5.09. The van der Waals surface area contributed by atoms with Gasteiger partial charge in [0, 0.05) is 21.2 Å². The summed E-state index contributed by atoms with van der Waals surface area (Å²) in [4.78, 5) is 12.7. The number of carbonyl (C=O) groups is 1. The fourth-order valence-electron chi connectivity index (χ4n) is 3.78. The number of nitriles is 1. The van der Waals surface area contributed by atoms with E-state index in [-0.39, 0.29) is 5.57 Å². The minimum absolute atomic E-state index is 0.0387. The summed E-state index contributed by atoms with van der Waals surface area (Å²) < 4.78 is 6.99. The van der Waals surface area contributed by atoms with Crippen LogP contribution in [0.4, 0.5) is 5.69 Å². The quantitative estimate of drug-likeness (QED) is 0.201. The van der Waals surface area contributed by atoms with Crippen molar-refractivity contribution < 1.29 is 9.53 Å². The van der Waals surface area contributed by atoms with E-state index in [9.17, 15) is 10.1 Å². The second-order valence-corrected chi connectivity index (χ2v) is 9.24. The lowest BCUT2D eigenvalue weighted by molar-refractivity contribution is -0.112. The first-order chi connectivity index (χ1) is 15.8. The Bertz CT molecular complexity index is 1230. The Labute approximate surface area is 209 Å². The van der Waals surface area contributed by atoms with E-state index in [2.05, 4.69) is 60.0 Å². The fraction of sp³-hybridized carbons (Fsp3) is 0.214. The predicted molar refractivity (Wildman–Crippen MR) is 142 cm³/mol. The van der Waals surface area contributed by atoms with Crippen molar-refractivity contribution in [3.8, 4) is 11.8 Å². The van der Waals surface area contributed by atoms with E-state index >= 15 is 0 Å². The van der Waals surface area contributed by atoms with Crippen LogP contribution in [0.2, 0.25) is 0 Å². The van der Waals surface area contributed by atoms with Crippen LogP contribution in [0.1, 0.15) is 40.3 Å². The van der Waals surface area contributed by atoms with Gasteiger partial charge in [0.2, 0.25) is 0 Å². The average Bonchev–Trinajstić information content (AvgIpc) is 2.74. The van der Waals surface area contributed by atoms with Crippen LogP contribution in [0.25, 0.3) is 6.08 Å². The van der Waals surface area contributed by atoms with Crippen LogP contribution >= 0.6 is 22.6 Å². The molecule has 1 amide bonds. The Balaban J connectivity index is 1.93. The molecule has 168 valence electrons. The number of nitrogens with zero attached hydrogens (tertiary/aromatic N) is 1. The smallest absolute Gasteiger partial charge is 0.266 e. The highest BCUT2D eigenvalue weighted by molar-refractivity contribution is 14.1. The van der Waals surface area contributed by atoms with Crippen molar-refractivity contribution in [2.75, 3.05) is 11.9 Å². The van der Waals surface area contributed by atoms with Gasteiger partial charge in [-0.1, -0.05) is 41.5 Å². The van der Waals surface area contributed by atoms with Gasteiger partial charge in [-0.15, -0.1) is 0 Å². The van der Waals surface area contributed by atoms with Crippen molar-refractivity contribution >= 4 is 40.3 Å². The van der Waals surface area contributed by atoms with Gasteiger partial charge in [0.15, 0.2) is 0 Å². The lowest BCUT2D eigenvalue weighted by Crippen LogP contribution is -2.13. The molecule has 0 unspecified atom stereocenters. The summed E-state index contributed by atoms with van der Waals surface area (Å²) in [7, 11) is 0. The highest BCUT2D eigenvalue weighted by Crippen LogP contribution is 2.30. The van der Waals surface area contributed by atoms with E-state index in [4.69, 9.17) is 4.74 Å². The zero-order chi connectivity index (χ0) is 24.0. The standard InChI is InChI=1S/C28H27IN2O2/c1-5-33-27-16-22(13-23(17-30)28(32)31-24-8-6-7-18(2)12-24)15-26(29)25(27)14-21-10-19(3)9-20(4)11-21/h6-13,15-16H,5,14H2,1-4H3,(H,31,32)/b23-13+. The van der Waals surface area contributed by atoms with Crippen LogP contribution in [0.5, 0.6) is 5.75 Å². The van der Waals surface area contributed by atoms with Crippen molar-refractivity contribution in [1.29, 1.82) is 5.26 Å². The second kappa shape index (κ2) is 11.2. The molecule has 0 aliphatic carbocycles. The van der Waals surface area contributed by atoms with Crippen LogP contribution in [-0.4, -0.2) is 12.5 Å². The van der Waals surface area contributed by atoms with Crippen molar-refractivity contribution in [3.63, 3.8) is 0 Å². The largest absolute Gasteiger partial charge is 0.494 e. The molecule has 5 heteroatoms. The molecule has 0 aliphatic rings. The summed E-state index contributed by atoms with van der Waals surface area (Å²) in [5.74, 6) is 0.335. The minimum atomic E-state index is -0.435. The van der Waals surface area contributed by atoms with Crippen LogP contribution in [0.3, 0.4) is 0 Å². The molecule has 0 atom stereocenters. The molecule has 0 heterocycles. The van der Waals surface area contributed by atoms with Gasteiger partial charge in [-0.05, 0) is 97.3 Å². The number of carbonyl (C=O) groups excluding carboxylic acids is 1. The topological polar surface area (TPSA) is 62.1 Å². The van der Waals surface area contributed by atoms with E-state index < -0.39 is 5.91 Å². The van der Waals surface area contributed by atoms with Gasteiger partial charge in [0.1, 0.15) is 17.4 Å². The fourth-order valence-corrected chi connectivity index (χ4v) is 4.60. The number of halogens is 1. The summed E-state index contributed by atoms with van der Waals surface area (Å²) >= 11 is 2.30. The van der Waals surface area contributed by atoms with Crippen LogP contribution in [0.15, 0.2) is 60.2 Å². The molecule has 3 rings (SSSR count). The Hall–Kier alpha value is -3.11. The molecule has 33 heavy (non-hydrogen) atoms. The Kier molecular flexibility index (Phi) is 8.29. The number of benzene rings is 3. The molecule has 0 fully saturated rings. The second-order valence-electron chi connectivity index (χ2n) is 8.08. The molecule has 3 aromatic carbocycles. The highest BCUT2D eigenvalue weighted by Gasteiger charge is 2.14. The van der Waals surface area contributed by atoms with Crippen LogP contribution < -0.4 is 10.1 Å². The average molecular weight is 550 g/mol. The number of anilines is 1. The molecule has 0 aliphatic heterocycles. The Morgan fingerprint density at radius 3 is 2.42 bits per heavy atom. The molecule has 0 spiro atoms. The summed E-state index contributed by atoms with van der Waals surface area (Å²) in [5.41, 5.74) is 7.28. The van der Waals surface area contributed by atoms with E-state index in [1.54, 1.807) is 12.1 Å². The number of nitrogens with one attached hydrogen (secondary N) is 1. The van der Waals surface area contributed by atoms with Gasteiger partial charge in [0.25, 0.3) is 5.91 Å². The maximum Gasteiger partial charge on any atom is 0.266 e. The molecule has 0 aromatic heterocycles. The normalized spacial score (nSPS) is 11.1. The maximum absolute atomic E-state index is 12.7. The van der Waals surface area contributed by atoms with Gasteiger partial charge >= 0.3 is 0 Å². The molecule has 1 N–H and O–H groups in total. The van der Waals surface area contributed by atoms with E-state index in [0.29, 0.717) is 12.3 Å². The number of ether oxygens (including phenoxy) is 1. The van der Waals surface area contributed by atoms with Gasteiger partial charge in [-0.25, -0.2) is 0 Å². The van der Waals surface area contributed by atoms with Crippen molar-refractivity contribution in [2.45, 2.75) is 34.1 Å². The molecule has 0 saturated heterocycles. The zero-order valence-electron chi connectivity index (χ0n) is 19.3. The van der Waals surface area contributed by atoms with E-state index in [1.165, 1.54) is 16.7 Å². The lowest BCUT2D eigenvalue weighted by Gasteiger charge is -2.15. The first-order valence-electron chi connectivity index (χ1n) is 10.8. The van der Waals surface area contributed by atoms with Crippen molar-refractivity contribution in [2.24, 2.45) is 0 Å². The number of aryl methyl sites for hydroxylation is 3. The minimum Gasteiger partial charge on any atom is -0.494 e. The predicted octanol–water partition coefficient (Wildman–Crippen LogP) is 6.75. The number of hydrogen-bond donors (Lipinski definition) is 1. The summed E-state index contributed by atoms with van der Waals surface area (Å²) in [5, 5.41) is 12.4. The van der Waals surface area contributed by atoms with Gasteiger partial charge < -0.3 is 10.1 Å². The highest BCUT2D eigenvalue weighted by atomic mass is 127. The molecular weight excluding hydrogens is 523 g/mol. The number of hydrogen-bond acceptors (Lipinski definition) is 3. The summed E-state index contributed by atoms with van der Waals surface area (Å²) in [6.07, 6.45) is 2.36. The number of rotatable bonds is 7. The third kappa shape index (κ3) is 6.69. The monoisotopic (exact) mass is 550 g/mol. The first kappa shape index (κ1) is 24.5. The van der Waals surface area contributed by atoms with Crippen LogP contribution in [-0.2, 0) is 11.2 Å². The lowest BCUT2D eigenvalue weighted by atomic mass is 9.98. The first-order valence-corrected chi connectivity index (χ1v) is 11.9. The van der Waals surface area contributed by atoms with Gasteiger partial charge in [0.05, 0.1) is 6.61 Å². The van der Waals surface area contributed by atoms with Gasteiger partial charge in [-0.3, -0.25) is 4.79 Å². The molecule has 0 saturated carbocycles. The molecule has 3 aromatic rings. The third-order valence-corrected chi connectivity index (χ3v) is 6.05. The van der Waals surface area contributed by atoms with Crippen molar-refractivity contribution in [1.82, 2.24) is 0 Å². The Morgan fingerprint density at radius 1 is 1.06 bits per heavy atom. The zero-order valence-corrected chi connectivity index (χ0v) is 21.5. The molecular formula is C28H27IN2O2.